The fraction of sp³-hybridized carbons (Fsp3) is 1.00. The Morgan fingerprint density at radius 1 is 1.50 bits per heavy atom. The predicted octanol–water partition coefficient (Wildman–Crippen LogP) is 0.687. The summed E-state index contributed by atoms with van der Waals surface area (Å²) >= 11 is 0. The van der Waals surface area contributed by atoms with Gasteiger partial charge in [-0.2, -0.15) is 0 Å². The van der Waals surface area contributed by atoms with Crippen LogP contribution in [0.25, 0.3) is 0 Å². The van der Waals surface area contributed by atoms with E-state index < -0.39 is 0 Å². The van der Waals surface area contributed by atoms with Gasteiger partial charge in [0.1, 0.15) is 0 Å². The number of aliphatic hydroxyl groups excluding tert-OH is 1. The predicted molar refractivity (Wildman–Crippen MR) is 59.4 cm³/mol. The summed E-state index contributed by atoms with van der Waals surface area (Å²) in [5.74, 6) is 0.438. The van der Waals surface area contributed by atoms with E-state index in [-0.39, 0.29) is 6.10 Å². The first kappa shape index (κ1) is 12.0. The summed E-state index contributed by atoms with van der Waals surface area (Å²) in [4.78, 5) is 2.46. The lowest BCUT2D eigenvalue weighted by atomic mass is 9.90. The number of hydrogen-bond acceptors (Lipinski definition) is 3. The van der Waals surface area contributed by atoms with Crippen LogP contribution in [-0.4, -0.2) is 48.8 Å². The quantitative estimate of drug-likeness (QED) is 0.701. The fourth-order valence-corrected chi connectivity index (χ4v) is 2.29. The molecular weight excluding hydrogens is 176 g/mol. The van der Waals surface area contributed by atoms with Crippen LogP contribution in [0.2, 0.25) is 0 Å². The third kappa shape index (κ3) is 3.23. The zero-order valence-corrected chi connectivity index (χ0v) is 9.66. The lowest BCUT2D eigenvalue weighted by Crippen LogP contribution is -2.50. The highest BCUT2D eigenvalue weighted by Crippen LogP contribution is 2.20. The van der Waals surface area contributed by atoms with Crippen LogP contribution in [0.5, 0.6) is 0 Å². The van der Waals surface area contributed by atoms with Crippen molar-refractivity contribution in [2.24, 2.45) is 5.92 Å². The Kier molecular flexibility index (Phi) is 4.85. The molecule has 1 rings (SSSR count). The molecule has 0 aromatic heterocycles. The number of rotatable bonds is 4. The summed E-state index contributed by atoms with van der Waals surface area (Å²) in [7, 11) is 2.01. The van der Waals surface area contributed by atoms with Crippen LogP contribution in [0.1, 0.15) is 26.7 Å². The van der Waals surface area contributed by atoms with Gasteiger partial charge in [0.2, 0.25) is 0 Å². The molecule has 1 aliphatic heterocycles. The van der Waals surface area contributed by atoms with E-state index in [2.05, 4.69) is 17.1 Å². The van der Waals surface area contributed by atoms with E-state index in [1.54, 1.807) is 0 Å². The second-order valence-corrected chi connectivity index (χ2v) is 4.48. The minimum absolute atomic E-state index is 0.175. The second-order valence-electron chi connectivity index (χ2n) is 4.48. The van der Waals surface area contributed by atoms with Crippen molar-refractivity contribution in [1.29, 1.82) is 0 Å². The first-order valence-corrected chi connectivity index (χ1v) is 5.75. The Balaban J connectivity index is 2.47. The molecule has 1 heterocycles. The van der Waals surface area contributed by atoms with E-state index in [1.807, 2.05) is 14.0 Å². The zero-order chi connectivity index (χ0) is 10.6. The van der Waals surface area contributed by atoms with Crippen LogP contribution in [0, 0.1) is 5.92 Å². The Morgan fingerprint density at radius 3 is 2.71 bits per heavy atom. The number of piperidine rings is 1. The van der Waals surface area contributed by atoms with Crippen LogP contribution in [0.3, 0.4) is 0 Å². The van der Waals surface area contributed by atoms with E-state index in [9.17, 15) is 5.11 Å². The average molecular weight is 200 g/mol. The van der Waals surface area contributed by atoms with E-state index in [0.29, 0.717) is 12.0 Å². The minimum atomic E-state index is -0.175. The fourth-order valence-electron chi connectivity index (χ4n) is 2.29. The summed E-state index contributed by atoms with van der Waals surface area (Å²) in [6.07, 6.45) is 2.13. The number of nitrogens with zero attached hydrogens (tertiary/aromatic N) is 1. The van der Waals surface area contributed by atoms with Gasteiger partial charge in [0.25, 0.3) is 0 Å². The normalized spacial score (nSPS) is 31.7. The van der Waals surface area contributed by atoms with Crippen molar-refractivity contribution in [2.45, 2.75) is 38.8 Å². The molecule has 0 aliphatic carbocycles. The number of likely N-dealkylation sites (tertiary alicyclic amines) is 1. The molecule has 0 radical (unpaired) electrons. The van der Waals surface area contributed by atoms with Crippen LogP contribution in [-0.2, 0) is 0 Å². The number of aliphatic hydroxyl groups is 1. The zero-order valence-electron chi connectivity index (χ0n) is 9.66. The molecule has 1 saturated heterocycles. The molecule has 1 fully saturated rings. The largest absolute Gasteiger partial charge is 0.393 e. The molecule has 0 amide bonds. The lowest BCUT2D eigenvalue weighted by Gasteiger charge is -2.38. The van der Waals surface area contributed by atoms with Crippen molar-refractivity contribution >= 4 is 0 Å². The maximum atomic E-state index is 9.62. The summed E-state index contributed by atoms with van der Waals surface area (Å²) in [6, 6.07) is 0.551. The molecule has 0 spiro atoms. The maximum Gasteiger partial charge on any atom is 0.0553 e. The van der Waals surface area contributed by atoms with Gasteiger partial charge in [-0.15, -0.1) is 0 Å². The molecule has 3 atom stereocenters. The first-order valence-electron chi connectivity index (χ1n) is 5.75. The first-order chi connectivity index (χ1) is 6.67. The van der Waals surface area contributed by atoms with Crippen molar-refractivity contribution in [3.8, 4) is 0 Å². The molecule has 0 aromatic carbocycles. The Hall–Kier alpha value is -0.120. The van der Waals surface area contributed by atoms with Gasteiger partial charge in [0.05, 0.1) is 6.10 Å². The van der Waals surface area contributed by atoms with Gasteiger partial charge in [-0.25, -0.2) is 0 Å². The standard InChI is InChI=1S/C11H24N2O/c1-4-5-13-7-10(9(2)14)6-11(8-13)12-3/h9-12,14H,4-8H2,1-3H3. The van der Waals surface area contributed by atoms with Gasteiger partial charge in [0, 0.05) is 19.1 Å². The maximum absolute atomic E-state index is 9.62. The molecule has 14 heavy (non-hydrogen) atoms. The molecular formula is C11H24N2O. The molecule has 0 saturated carbocycles. The van der Waals surface area contributed by atoms with E-state index in [4.69, 9.17) is 0 Å². The van der Waals surface area contributed by atoms with Gasteiger partial charge < -0.3 is 15.3 Å². The Bertz CT molecular complexity index is 161. The molecule has 3 heteroatoms. The number of likely N-dealkylation sites (N-methyl/N-ethyl adjacent to an activating group) is 1. The van der Waals surface area contributed by atoms with Gasteiger partial charge in [0.15, 0.2) is 0 Å². The summed E-state index contributed by atoms with van der Waals surface area (Å²) in [5.41, 5.74) is 0. The SMILES string of the molecule is CCCN1CC(NC)CC(C(C)O)C1. The monoisotopic (exact) mass is 200 g/mol. The molecule has 3 unspecified atom stereocenters. The van der Waals surface area contributed by atoms with Crippen LogP contribution in [0.15, 0.2) is 0 Å². The molecule has 0 aromatic rings. The Morgan fingerprint density at radius 2 is 2.21 bits per heavy atom. The van der Waals surface area contributed by atoms with Crippen LogP contribution >= 0.6 is 0 Å². The second kappa shape index (κ2) is 5.69. The minimum Gasteiger partial charge on any atom is -0.393 e. The van der Waals surface area contributed by atoms with E-state index in [1.165, 1.54) is 6.42 Å². The third-order valence-corrected chi connectivity index (χ3v) is 3.19. The lowest BCUT2D eigenvalue weighted by molar-refractivity contribution is 0.0496. The average Bonchev–Trinajstić information content (AvgIpc) is 2.17. The van der Waals surface area contributed by atoms with Crippen molar-refractivity contribution < 1.29 is 5.11 Å². The van der Waals surface area contributed by atoms with E-state index >= 15 is 0 Å². The van der Waals surface area contributed by atoms with Gasteiger partial charge >= 0.3 is 0 Å². The van der Waals surface area contributed by atoms with Crippen molar-refractivity contribution in [3.05, 3.63) is 0 Å². The van der Waals surface area contributed by atoms with Crippen molar-refractivity contribution in [1.82, 2.24) is 10.2 Å². The molecule has 0 bridgehead atoms. The Labute approximate surface area is 87.5 Å². The molecule has 3 nitrogen and oxygen atoms in total. The topological polar surface area (TPSA) is 35.5 Å². The van der Waals surface area contributed by atoms with Crippen molar-refractivity contribution in [3.63, 3.8) is 0 Å². The number of hydrogen-bond donors (Lipinski definition) is 2. The van der Waals surface area contributed by atoms with Gasteiger partial charge in [-0.3, -0.25) is 0 Å². The van der Waals surface area contributed by atoms with Crippen LogP contribution in [0.4, 0.5) is 0 Å². The summed E-state index contributed by atoms with van der Waals surface area (Å²) < 4.78 is 0. The highest BCUT2D eigenvalue weighted by molar-refractivity contribution is 4.84. The third-order valence-electron chi connectivity index (χ3n) is 3.19. The summed E-state index contributed by atoms with van der Waals surface area (Å²) in [5, 5.41) is 12.9. The number of nitrogens with one attached hydrogen (secondary N) is 1. The van der Waals surface area contributed by atoms with Gasteiger partial charge in [-0.05, 0) is 39.3 Å². The highest BCUT2D eigenvalue weighted by atomic mass is 16.3. The molecule has 2 N–H and O–H groups in total. The summed E-state index contributed by atoms with van der Waals surface area (Å²) in [6.45, 7) is 7.46. The smallest absolute Gasteiger partial charge is 0.0553 e. The van der Waals surface area contributed by atoms with Gasteiger partial charge in [-0.1, -0.05) is 6.92 Å². The van der Waals surface area contributed by atoms with Crippen molar-refractivity contribution in [2.75, 3.05) is 26.7 Å². The molecule has 84 valence electrons. The van der Waals surface area contributed by atoms with E-state index in [0.717, 1.165) is 26.1 Å². The highest BCUT2D eigenvalue weighted by Gasteiger charge is 2.28. The molecule has 1 aliphatic rings. The van der Waals surface area contributed by atoms with Crippen LogP contribution < -0.4 is 5.32 Å².